The summed E-state index contributed by atoms with van der Waals surface area (Å²) in [6.45, 7) is 5.98. The molecular formula is C10H13N3O. The molecule has 4 nitrogen and oxygen atoms in total. The Kier molecular flexibility index (Phi) is 1.91. The maximum Gasteiger partial charge on any atom is 0.214 e. The molecule has 0 aliphatic carbocycles. The van der Waals surface area contributed by atoms with Gasteiger partial charge in [-0.2, -0.15) is 5.10 Å². The van der Waals surface area contributed by atoms with Crippen molar-refractivity contribution in [2.75, 3.05) is 0 Å². The molecule has 74 valence electrons. The highest BCUT2D eigenvalue weighted by Crippen LogP contribution is 2.18. The van der Waals surface area contributed by atoms with Gasteiger partial charge in [0.25, 0.3) is 0 Å². The summed E-state index contributed by atoms with van der Waals surface area (Å²) in [6, 6.07) is 3.75. The summed E-state index contributed by atoms with van der Waals surface area (Å²) >= 11 is 0. The van der Waals surface area contributed by atoms with Crippen molar-refractivity contribution < 1.29 is 4.74 Å². The first kappa shape index (κ1) is 8.99. The van der Waals surface area contributed by atoms with Crippen molar-refractivity contribution in [1.29, 1.82) is 0 Å². The van der Waals surface area contributed by atoms with E-state index in [-0.39, 0.29) is 5.60 Å². The second-order valence-electron chi connectivity index (χ2n) is 4.17. The molecule has 0 atom stereocenters. The Morgan fingerprint density at radius 1 is 1.29 bits per heavy atom. The van der Waals surface area contributed by atoms with E-state index < -0.39 is 0 Å². The van der Waals surface area contributed by atoms with Gasteiger partial charge in [0, 0.05) is 6.07 Å². The van der Waals surface area contributed by atoms with Crippen LogP contribution in [-0.2, 0) is 0 Å². The van der Waals surface area contributed by atoms with Crippen LogP contribution < -0.4 is 4.74 Å². The highest BCUT2D eigenvalue weighted by molar-refractivity contribution is 5.73. The summed E-state index contributed by atoms with van der Waals surface area (Å²) in [6.07, 6.45) is 1.69. The topological polar surface area (TPSA) is 50.8 Å². The molecule has 14 heavy (non-hydrogen) atoms. The number of ether oxygens (including phenoxy) is 1. The van der Waals surface area contributed by atoms with Gasteiger partial charge >= 0.3 is 0 Å². The number of aromatic nitrogens is 3. The molecule has 0 spiro atoms. The van der Waals surface area contributed by atoms with Crippen molar-refractivity contribution in [2.24, 2.45) is 0 Å². The number of fused-ring (bicyclic) bond motifs is 1. The predicted molar refractivity (Wildman–Crippen MR) is 54.3 cm³/mol. The quantitative estimate of drug-likeness (QED) is 0.751. The number of H-pyrrole nitrogens is 1. The summed E-state index contributed by atoms with van der Waals surface area (Å²) in [7, 11) is 0. The first-order valence-corrected chi connectivity index (χ1v) is 4.54. The maximum absolute atomic E-state index is 5.63. The third-order valence-electron chi connectivity index (χ3n) is 1.68. The average molecular weight is 191 g/mol. The number of pyridine rings is 1. The van der Waals surface area contributed by atoms with Crippen LogP contribution in [0, 0.1) is 0 Å². The van der Waals surface area contributed by atoms with Crippen molar-refractivity contribution in [3.05, 3.63) is 18.3 Å². The largest absolute Gasteiger partial charge is 0.472 e. The second-order valence-corrected chi connectivity index (χ2v) is 4.17. The van der Waals surface area contributed by atoms with Crippen molar-refractivity contribution in [3.63, 3.8) is 0 Å². The van der Waals surface area contributed by atoms with Crippen molar-refractivity contribution in [3.8, 4) is 5.88 Å². The number of aromatic amines is 1. The van der Waals surface area contributed by atoms with Crippen molar-refractivity contribution in [1.82, 2.24) is 15.2 Å². The molecule has 2 aromatic heterocycles. The normalized spacial score (nSPS) is 11.9. The zero-order valence-electron chi connectivity index (χ0n) is 8.53. The van der Waals surface area contributed by atoms with E-state index in [0.29, 0.717) is 5.88 Å². The molecule has 2 heterocycles. The van der Waals surface area contributed by atoms with Crippen LogP contribution in [0.2, 0.25) is 0 Å². The molecule has 0 saturated heterocycles. The number of nitrogens with one attached hydrogen (secondary N) is 1. The molecule has 4 heteroatoms. The smallest absolute Gasteiger partial charge is 0.214 e. The molecule has 0 fully saturated rings. The lowest BCUT2D eigenvalue weighted by molar-refractivity contribution is 0.124. The van der Waals surface area contributed by atoms with Crippen LogP contribution in [0.15, 0.2) is 18.3 Å². The molecule has 0 unspecified atom stereocenters. The minimum Gasteiger partial charge on any atom is -0.472 e. The first-order valence-electron chi connectivity index (χ1n) is 4.54. The highest BCUT2D eigenvalue weighted by atomic mass is 16.5. The van der Waals surface area contributed by atoms with Crippen LogP contribution in [0.1, 0.15) is 20.8 Å². The summed E-state index contributed by atoms with van der Waals surface area (Å²) in [4.78, 5) is 4.30. The van der Waals surface area contributed by atoms with Crippen LogP contribution in [-0.4, -0.2) is 20.8 Å². The van der Waals surface area contributed by atoms with E-state index in [4.69, 9.17) is 4.74 Å². The molecule has 0 bridgehead atoms. The number of nitrogens with zero attached hydrogens (tertiary/aromatic N) is 2. The van der Waals surface area contributed by atoms with Crippen LogP contribution >= 0.6 is 0 Å². The van der Waals surface area contributed by atoms with Gasteiger partial charge in [0.2, 0.25) is 5.88 Å². The molecule has 0 aliphatic heterocycles. The fourth-order valence-corrected chi connectivity index (χ4v) is 1.18. The Balaban J connectivity index is 2.35. The summed E-state index contributed by atoms with van der Waals surface area (Å²) in [5.74, 6) is 0.631. The van der Waals surface area contributed by atoms with Gasteiger partial charge in [0.05, 0.1) is 11.7 Å². The third kappa shape index (κ3) is 1.84. The summed E-state index contributed by atoms with van der Waals surface area (Å²) in [5, 5.41) is 6.74. The Bertz CT molecular complexity index is 442. The molecule has 0 aromatic carbocycles. The van der Waals surface area contributed by atoms with E-state index in [1.807, 2.05) is 32.9 Å². The Labute approximate surface area is 82.3 Å². The van der Waals surface area contributed by atoms with Gasteiger partial charge in [0.1, 0.15) is 11.1 Å². The lowest BCUT2D eigenvalue weighted by Gasteiger charge is -2.19. The van der Waals surface area contributed by atoms with E-state index >= 15 is 0 Å². The fraction of sp³-hybridized carbons (Fsp3) is 0.400. The molecule has 2 aromatic rings. The van der Waals surface area contributed by atoms with Gasteiger partial charge in [0.15, 0.2) is 0 Å². The van der Waals surface area contributed by atoms with Gasteiger partial charge in [-0.25, -0.2) is 4.98 Å². The maximum atomic E-state index is 5.63. The predicted octanol–water partition coefficient (Wildman–Crippen LogP) is 2.14. The molecule has 1 N–H and O–H groups in total. The fourth-order valence-electron chi connectivity index (χ4n) is 1.18. The molecule has 0 amide bonds. The zero-order chi connectivity index (χ0) is 10.2. The van der Waals surface area contributed by atoms with Gasteiger partial charge in [-0.3, -0.25) is 5.10 Å². The molecule has 2 rings (SSSR count). The molecule has 0 aliphatic rings. The lowest BCUT2D eigenvalue weighted by Crippen LogP contribution is -2.23. The highest BCUT2D eigenvalue weighted by Gasteiger charge is 2.12. The van der Waals surface area contributed by atoms with Crippen LogP contribution in [0.4, 0.5) is 0 Å². The van der Waals surface area contributed by atoms with Crippen molar-refractivity contribution in [2.45, 2.75) is 26.4 Å². The Morgan fingerprint density at radius 3 is 2.79 bits per heavy atom. The van der Waals surface area contributed by atoms with E-state index in [0.717, 1.165) is 11.0 Å². The molecular weight excluding hydrogens is 178 g/mol. The number of hydrogen-bond donors (Lipinski definition) is 1. The van der Waals surface area contributed by atoms with Gasteiger partial charge in [-0.15, -0.1) is 0 Å². The van der Waals surface area contributed by atoms with Gasteiger partial charge < -0.3 is 4.74 Å². The first-order chi connectivity index (χ1) is 6.54. The Hall–Kier alpha value is -1.58. The monoisotopic (exact) mass is 191 g/mol. The number of rotatable bonds is 1. The van der Waals surface area contributed by atoms with E-state index in [1.54, 1.807) is 6.20 Å². The molecule has 0 saturated carbocycles. The lowest BCUT2D eigenvalue weighted by atomic mass is 10.2. The van der Waals surface area contributed by atoms with Crippen LogP contribution in [0.25, 0.3) is 11.0 Å². The van der Waals surface area contributed by atoms with E-state index in [2.05, 4.69) is 15.2 Å². The van der Waals surface area contributed by atoms with Gasteiger partial charge in [-0.05, 0) is 26.8 Å². The minimum atomic E-state index is -0.218. The summed E-state index contributed by atoms with van der Waals surface area (Å²) < 4.78 is 5.63. The summed E-state index contributed by atoms with van der Waals surface area (Å²) in [5.41, 5.74) is 1.53. The average Bonchev–Trinajstić information content (AvgIpc) is 2.47. The van der Waals surface area contributed by atoms with E-state index in [1.165, 1.54) is 0 Å². The Morgan fingerprint density at radius 2 is 2.07 bits per heavy atom. The van der Waals surface area contributed by atoms with Crippen molar-refractivity contribution >= 4 is 11.0 Å². The standard InChI is InChI=1S/C10H13N3O/c1-10(2,3)14-9-5-4-7-8(12-9)6-11-13-7/h4-6H,1-3H3,(H,11,13). The minimum absolute atomic E-state index is 0.218. The van der Waals surface area contributed by atoms with Crippen LogP contribution in [0.5, 0.6) is 5.88 Å². The number of hydrogen-bond acceptors (Lipinski definition) is 3. The SMILES string of the molecule is CC(C)(C)Oc1ccc2[nH]ncc2n1. The van der Waals surface area contributed by atoms with E-state index in [9.17, 15) is 0 Å². The molecule has 0 radical (unpaired) electrons. The van der Waals surface area contributed by atoms with Crippen LogP contribution in [0.3, 0.4) is 0 Å². The zero-order valence-corrected chi connectivity index (χ0v) is 8.53. The second kappa shape index (κ2) is 2.97. The van der Waals surface area contributed by atoms with Gasteiger partial charge in [-0.1, -0.05) is 0 Å². The third-order valence-corrected chi connectivity index (χ3v) is 1.68.